The van der Waals surface area contributed by atoms with Gasteiger partial charge < -0.3 is 14.7 Å². The molecule has 7 nitrogen and oxygen atoms in total. The summed E-state index contributed by atoms with van der Waals surface area (Å²) < 4.78 is 41.9. The van der Waals surface area contributed by atoms with Crippen molar-refractivity contribution in [3.8, 4) is 11.4 Å². The Morgan fingerprint density at radius 2 is 1.79 bits per heavy atom. The number of aromatic nitrogens is 3. The molecule has 0 bridgehead atoms. The zero-order valence-corrected chi connectivity index (χ0v) is 14.6. The summed E-state index contributed by atoms with van der Waals surface area (Å²) in [5.74, 6) is -0.914. The predicted octanol–water partition coefficient (Wildman–Crippen LogP) is 3.50. The van der Waals surface area contributed by atoms with Gasteiger partial charge in [-0.3, -0.25) is 0 Å². The minimum absolute atomic E-state index is 0.201. The number of nitrogens with zero attached hydrogens (tertiary/aromatic N) is 4. The van der Waals surface area contributed by atoms with Crippen LogP contribution in [0.5, 0.6) is 5.75 Å². The number of anilines is 1. The SMILES string of the molecule is CN(Cc1ccc(C(=O)O)cc1)c1ncn(-c2ccc(OC(F)(F)F)cc2)n1. The normalized spacial score (nSPS) is 11.3. The Hall–Kier alpha value is -3.56. The topological polar surface area (TPSA) is 80.5 Å². The fraction of sp³-hybridized carbons (Fsp3) is 0.167. The Bertz CT molecular complexity index is 953. The third kappa shape index (κ3) is 4.78. The molecule has 1 heterocycles. The van der Waals surface area contributed by atoms with Crippen LogP contribution in [0.4, 0.5) is 19.1 Å². The van der Waals surface area contributed by atoms with Crippen molar-refractivity contribution in [3.05, 3.63) is 66.0 Å². The fourth-order valence-electron chi connectivity index (χ4n) is 2.45. The van der Waals surface area contributed by atoms with Gasteiger partial charge in [0.15, 0.2) is 0 Å². The number of halogens is 3. The van der Waals surface area contributed by atoms with Crippen LogP contribution in [0.25, 0.3) is 5.69 Å². The lowest BCUT2D eigenvalue weighted by Crippen LogP contribution is -2.18. The number of hydrogen-bond donors (Lipinski definition) is 1. The van der Waals surface area contributed by atoms with E-state index in [1.807, 2.05) is 0 Å². The third-order valence-electron chi connectivity index (χ3n) is 3.78. The van der Waals surface area contributed by atoms with Crippen LogP contribution in [0.3, 0.4) is 0 Å². The van der Waals surface area contributed by atoms with Crippen molar-refractivity contribution in [2.45, 2.75) is 12.9 Å². The highest BCUT2D eigenvalue weighted by Gasteiger charge is 2.31. The monoisotopic (exact) mass is 392 g/mol. The van der Waals surface area contributed by atoms with E-state index in [9.17, 15) is 18.0 Å². The molecule has 0 aliphatic rings. The lowest BCUT2D eigenvalue weighted by Gasteiger charge is -2.15. The maximum Gasteiger partial charge on any atom is 0.573 e. The molecule has 0 spiro atoms. The van der Waals surface area contributed by atoms with Crippen molar-refractivity contribution in [3.63, 3.8) is 0 Å². The summed E-state index contributed by atoms with van der Waals surface area (Å²) in [5.41, 5.74) is 1.59. The van der Waals surface area contributed by atoms with Gasteiger partial charge in [0.05, 0.1) is 11.3 Å². The Kier molecular flexibility index (Phi) is 5.21. The quantitative estimate of drug-likeness (QED) is 0.692. The summed E-state index contributed by atoms with van der Waals surface area (Å²) in [5, 5.41) is 13.2. The number of carbonyl (C=O) groups is 1. The van der Waals surface area contributed by atoms with Gasteiger partial charge in [0.25, 0.3) is 0 Å². The van der Waals surface area contributed by atoms with Crippen LogP contribution in [-0.2, 0) is 6.54 Å². The summed E-state index contributed by atoms with van der Waals surface area (Å²) in [6.45, 7) is 0.447. The van der Waals surface area contributed by atoms with Crippen molar-refractivity contribution in [1.82, 2.24) is 14.8 Å². The Morgan fingerprint density at radius 3 is 2.36 bits per heavy atom. The van der Waals surface area contributed by atoms with E-state index in [2.05, 4.69) is 14.8 Å². The molecule has 3 aromatic rings. The molecule has 0 amide bonds. The third-order valence-corrected chi connectivity index (χ3v) is 3.78. The Balaban J connectivity index is 1.68. The molecule has 0 saturated heterocycles. The first-order chi connectivity index (χ1) is 13.2. The van der Waals surface area contributed by atoms with Crippen molar-refractivity contribution in [2.75, 3.05) is 11.9 Å². The molecular formula is C18H15F3N4O3. The lowest BCUT2D eigenvalue weighted by molar-refractivity contribution is -0.274. The highest BCUT2D eigenvalue weighted by Crippen LogP contribution is 2.23. The first-order valence-electron chi connectivity index (χ1n) is 8.02. The number of alkyl halides is 3. The maximum atomic E-state index is 12.2. The van der Waals surface area contributed by atoms with Gasteiger partial charge in [-0.15, -0.1) is 18.3 Å². The molecule has 1 N–H and O–H groups in total. The van der Waals surface area contributed by atoms with Gasteiger partial charge in [-0.05, 0) is 42.0 Å². The van der Waals surface area contributed by atoms with Gasteiger partial charge in [0.2, 0.25) is 5.95 Å². The maximum absolute atomic E-state index is 12.2. The van der Waals surface area contributed by atoms with Gasteiger partial charge >= 0.3 is 12.3 Å². The smallest absolute Gasteiger partial charge is 0.478 e. The fourth-order valence-corrected chi connectivity index (χ4v) is 2.45. The van der Waals surface area contributed by atoms with Gasteiger partial charge in [0.1, 0.15) is 12.1 Å². The van der Waals surface area contributed by atoms with Gasteiger partial charge in [0, 0.05) is 13.6 Å². The zero-order chi connectivity index (χ0) is 20.3. The number of hydrogen-bond acceptors (Lipinski definition) is 5. The second-order valence-corrected chi connectivity index (χ2v) is 5.89. The first kappa shape index (κ1) is 19.2. The molecule has 0 unspecified atom stereocenters. The molecule has 2 aromatic carbocycles. The predicted molar refractivity (Wildman–Crippen MR) is 93.6 cm³/mol. The first-order valence-corrected chi connectivity index (χ1v) is 8.02. The summed E-state index contributed by atoms with van der Waals surface area (Å²) >= 11 is 0. The van der Waals surface area contributed by atoms with Crippen LogP contribution in [0.15, 0.2) is 54.9 Å². The molecule has 3 rings (SSSR count). The van der Waals surface area contributed by atoms with Crippen molar-refractivity contribution < 1.29 is 27.8 Å². The van der Waals surface area contributed by atoms with E-state index in [0.29, 0.717) is 18.2 Å². The number of carboxylic acids is 1. The highest BCUT2D eigenvalue weighted by molar-refractivity contribution is 5.87. The van der Waals surface area contributed by atoms with Gasteiger partial charge in [-0.25, -0.2) is 9.48 Å². The van der Waals surface area contributed by atoms with Crippen LogP contribution < -0.4 is 9.64 Å². The van der Waals surface area contributed by atoms with Crippen LogP contribution in [-0.4, -0.2) is 39.3 Å². The van der Waals surface area contributed by atoms with Crippen molar-refractivity contribution in [1.29, 1.82) is 0 Å². The number of aromatic carboxylic acids is 1. The molecular weight excluding hydrogens is 377 g/mol. The molecule has 0 atom stereocenters. The molecule has 1 aromatic heterocycles. The number of ether oxygens (including phenoxy) is 1. The zero-order valence-electron chi connectivity index (χ0n) is 14.6. The summed E-state index contributed by atoms with van der Waals surface area (Å²) in [4.78, 5) is 16.8. The summed E-state index contributed by atoms with van der Waals surface area (Å²) in [6.07, 6.45) is -3.30. The van der Waals surface area contributed by atoms with Crippen LogP contribution in [0.1, 0.15) is 15.9 Å². The molecule has 0 saturated carbocycles. The lowest BCUT2D eigenvalue weighted by atomic mass is 10.1. The molecule has 28 heavy (non-hydrogen) atoms. The van der Waals surface area contributed by atoms with E-state index in [-0.39, 0.29) is 11.3 Å². The van der Waals surface area contributed by atoms with E-state index < -0.39 is 12.3 Å². The molecule has 0 aliphatic heterocycles. The molecule has 0 radical (unpaired) electrons. The van der Waals surface area contributed by atoms with Crippen LogP contribution >= 0.6 is 0 Å². The van der Waals surface area contributed by atoms with E-state index in [1.54, 1.807) is 24.1 Å². The largest absolute Gasteiger partial charge is 0.573 e. The average Bonchev–Trinajstić information content (AvgIpc) is 3.12. The van der Waals surface area contributed by atoms with E-state index in [4.69, 9.17) is 5.11 Å². The standard InChI is InChI=1S/C18H15F3N4O3/c1-24(10-12-2-4-13(5-3-12)16(26)27)17-22-11-25(23-17)14-6-8-15(9-7-14)28-18(19,20)21/h2-9,11H,10H2,1H3,(H,26,27). The Labute approximate surface area is 157 Å². The highest BCUT2D eigenvalue weighted by atomic mass is 19.4. The summed E-state index contributed by atoms with van der Waals surface area (Å²) in [7, 11) is 1.77. The molecule has 10 heteroatoms. The molecule has 0 fully saturated rings. The minimum Gasteiger partial charge on any atom is -0.478 e. The van der Waals surface area contributed by atoms with Gasteiger partial charge in [-0.2, -0.15) is 4.98 Å². The van der Waals surface area contributed by atoms with Crippen molar-refractivity contribution in [2.24, 2.45) is 0 Å². The number of rotatable bonds is 6. The summed E-state index contributed by atoms with van der Waals surface area (Å²) in [6, 6.07) is 11.7. The second-order valence-electron chi connectivity index (χ2n) is 5.89. The van der Waals surface area contributed by atoms with Crippen LogP contribution in [0.2, 0.25) is 0 Å². The van der Waals surface area contributed by atoms with E-state index in [1.165, 1.54) is 47.4 Å². The van der Waals surface area contributed by atoms with Crippen LogP contribution in [0, 0.1) is 0 Å². The molecule has 146 valence electrons. The second kappa shape index (κ2) is 7.59. The minimum atomic E-state index is -4.74. The number of benzene rings is 2. The number of carboxylic acid groups (broad SMARTS) is 1. The van der Waals surface area contributed by atoms with Gasteiger partial charge in [-0.1, -0.05) is 12.1 Å². The average molecular weight is 392 g/mol. The van der Waals surface area contributed by atoms with E-state index in [0.717, 1.165) is 5.56 Å². The van der Waals surface area contributed by atoms with E-state index >= 15 is 0 Å². The Morgan fingerprint density at radius 1 is 1.14 bits per heavy atom. The molecule has 0 aliphatic carbocycles. The van der Waals surface area contributed by atoms with Crippen molar-refractivity contribution >= 4 is 11.9 Å².